The highest BCUT2D eigenvalue weighted by molar-refractivity contribution is 5.89. The summed E-state index contributed by atoms with van der Waals surface area (Å²) in [7, 11) is 0. The molecule has 3 amide bonds. The van der Waals surface area contributed by atoms with Gasteiger partial charge in [-0.3, -0.25) is 14.4 Å². The van der Waals surface area contributed by atoms with E-state index in [1.165, 1.54) is 22.5 Å². The summed E-state index contributed by atoms with van der Waals surface area (Å²) < 4.78 is 0. The number of carboxylic acid groups (broad SMARTS) is 1. The Hall–Kier alpha value is -3.78. The fraction of sp³-hybridized carbons (Fsp3) is 0.545. The number of H-pyrrole nitrogens is 2. The quantitative estimate of drug-likeness (QED) is 0.236. The smallest absolute Gasteiger partial charge is 0.326 e. The molecule has 2 aromatic heterocycles. The average molecular weight is 504 g/mol. The first-order valence-electron chi connectivity index (χ1n) is 11.8. The molecule has 2 aliphatic rings. The minimum absolute atomic E-state index is 0.237. The number of nitrogens with one attached hydrogen (secondary N) is 2. The molecule has 4 heterocycles. The van der Waals surface area contributed by atoms with Gasteiger partial charge in [0.2, 0.25) is 17.7 Å². The van der Waals surface area contributed by atoms with Crippen LogP contribution >= 0.6 is 0 Å². The minimum Gasteiger partial charge on any atom is -0.480 e. The van der Waals surface area contributed by atoms with E-state index in [1.54, 1.807) is 12.4 Å². The summed E-state index contributed by atoms with van der Waals surface area (Å²) in [6.07, 6.45) is 9.69. The Morgan fingerprint density at radius 2 is 1.33 bits per heavy atom. The van der Waals surface area contributed by atoms with Gasteiger partial charge < -0.3 is 42.1 Å². The van der Waals surface area contributed by atoms with Crippen molar-refractivity contribution in [2.45, 2.75) is 62.7 Å². The summed E-state index contributed by atoms with van der Waals surface area (Å²) in [6.45, 7) is 1.00. The van der Waals surface area contributed by atoms with Gasteiger partial charge in [-0.05, 0) is 25.7 Å². The van der Waals surface area contributed by atoms with E-state index in [-0.39, 0.29) is 11.8 Å². The van der Waals surface area contributed by atoms with Crippen LogP contribution in [0.25, 0.3) is 0 Å². The summed E-state index contributed by atoms with van der Waals surface area (Å²) in [5, 5.41) is 9.02. The van der Waals surface area contributed by atoms with Crippen molar-refractivity contribution in [3.8, 4) is 0 Å². The third-order valence-corrected chi connectivity index (χ3v) is 6.29. The number of likely N-dealkylation sites (tertiary alicyclic amines) is 2. The Kier molecular flexibility index (Phi) is 9.13. The van der Waals surface area contributed by atoms with Crippen molar-refractivity contribution < 1.29 is 24.3 Å². The SMILES string of the molecule is NC(=O)[C@@H]1CCCN1C(=O)[C@@H](N)Cc1c[nH]cn1.N[C@@H](Cc1c[nH]cn1)C(=O)N1CCC[C@H]1C(=O)O. The molecule has 9 N–H and O–H groups in total. The summed E-state index contributed by atoms with van der Waals surface area (Å²) >= 11 is 0. The van der Waals surface area contributed by atoms with E-state index >= 15 is 0 Å². The van der Waals surface area contributed by atoms with Crippen LogP contribution in [0.15, 0.2) is 25.0 Å². The van der Waals surface area contributed by atoms with E-state index in [0.29, 0.717) is 50.9 Å². The molecule has 0 bridgehead atoms. The van der Waals surface area contributed by atoms with Crippen LogP contribution in [0.5, 0.6) is 0 Å². The molecule has 196 valence electrons. The summed E-state index contributed by atoms with van der Waals surface area (Å²) in [4.78, 5) is 62.9. The number of carbonyl (C=O) groups excluding carboxylic acids is 3. The average Bonchev–Trinajstić information content (AvgIpc) is 3.65. The number of nitrogens with zero attached hydrogens (tertiary/aromatic N) is 4. The first-order chi connectivity index (χ1) is 17.2. The lowest BCUT2D eigenvalue weighted by atomic mass is 10.1. The van der Waals surface area contributed by atoms with Gasteiger partial charge in [-0.15, -0.1) is 0 Å². The molecule has 0 radical (unpaired) electrons. The molecule has 0 saturated carbocycles. The van der Waals surface area contributed by atoms with Gasteiger partial charge in [0.25, 0.3) is 0 Å². The van der Waals surface area contributed by atoms with Crippen LogP contribution in [-0.2, 0) is 32.0 Å². The summed E-state index contributed by atoms with van der Waals surface area (Å²) in [5.74, 6) is -1.98. The number of aliphatic carboxylic acids is 1. The number of imidazole rings is 2. The fourth-order valence-electron chi connectivity index (χ4n) is 4.47. The van der Waals surface area contributed by atoms with Gasteiger partial charge in [-0.2, -0.15) is 0 Å². The Labute approximate surface area is 207 Å². The number of amides is 3. The van der Waals surface area contributed by atoms with Crippen molar-refractivity contribution in [3.05, 3.63) is 36.4 Å². The lowest BCUT2D eigenvalue weighted by molar-refractivity contribution is -0.148. The molecule has 2 saturated heterocycles. The zero-order valence-electron chi connectivity index (χ0n) is 19.9. The van der Waals surface area contributed by atoms with Crippen LogP contribution in [0.4, 0.5) is 0 Å². The molecular formula is C22H33N9O5. The van der Waals surface area contributed by atoms with Crippen LogP contribution in [0.2, 0.25) is 0 Å². The van der Waals surface area contributed by atoms with Gasteiger partial charge in [0.05, 0.1) is 36.1 Å². The maximum absolute atomic E-state index is 12.1. The zero-order chi connectivity index (χ0) is 26.2. The number of hydrogen-bond donors (Lipinski definition) is 6. The molecule has 2 aromatic rings. The fourth-order valence-corrected chi connectivity index (χ4v) is 4.47. The van der Waals surface area contributed by atoms with Crippen LogP contribution in [0, 0.1) is 0 Å². The van der Waals surface area contributed by atoms with Crippen molar-refractivity contribution in [1.82, 2.24) is 29.7 Å². The number of rotatable bonds is 8. The van der Waals surface area contributed by atoms with Gasteiger partial charge in [0.1, 0.15) is 12.1 Å². The maximum Gasteiger partial charge on any atom is 0.326 e. The van der Waals surface area contributed by atoms with Crippen molar-refractivity contribution in [2.24, 2.45) is 17.2 Å². The molecule has 0 unspecified atom stereocenters. The van der Waals surface area contributed by atoms with E-state index in [2.05, 4.69) is 19.9 Å². The van der Waals surface area contributed by atoms with Crippen molar-refractivity contribution in [2.75, 3.05) is 13.1 Å². The molecule has 36 heavy (non-hydrogen) atoms. The molecule has 14 heteroatoms. The number of hydrogen-bond acceptors (Lipinski definition) is 8. The van der Waals surface area contributed by atoms with Gasteiger partial charge in [0, 0.05) is 38.3 Å². The molecule has 2 fully saturated rings. The Morgan fingerprint density at radius 3 is 1.72 bits per heavy atom. The topological polar surface area (TPSA) is 230 Å². The number of carboxylic acids is 1. The zero-order valence-corrected chi connectivity index (χ0v) is 19.9. The predicted octanol–water partition coefficient (Wildman–Crippen LogP) is -1.89. The van der Waals surface area contributed by atoms with Crippen molar-refractivity contribution >= 4 is 23.7 Å². The molecule has 4 rings (SSSR count). The van der Waals surface area contributed by atoms with E-state index in [0.717, 1.165) is 12.1 Å². The maximum atomic E-state index is 12.1. The molecule has 4 atom stereocenters. The molecule has 0 aromatic carbocycles. The molecule has 14 nitrogen and oxygen atoms in total. The molecule has 0 spiro atoms. The third-order valence-electron chi connectivity index (χ3n) is 6.29. The van der Waals surface area contributed by atoms with Gasteiger partial charge >= 0.3 is 5.97 Å². The summed E-state index contributed by atoms with van der Waals surface area (Å²) in [6, 6.07) is -2.67. The van der Waals surface area contributed by atoms with Crippen molar-refractivity contribution in [1.29, 1.82) is 0 Å². The molecular weight excluding hydrogens is 470 g/mol. The van der Waals surface area contributed by atoms with Crippen LogP contribution in [0.1, 0.15) is 37.1 Å². The number of aromatic amines is 2. The highest BCUT2D eigenvalue weighted by Crippen LogP contribution is 2.19. The molecule has 0 aliphatic carbocycles. The number of primary amides is 1. The normalized spacial score (nSPS) is 20.9. The Morgan fingerprint density at radius 1 is 0.889 bits per heavy atom. The van der Waals surface area contributed by atoms with Gasteiger partial charge in [0.15, 0.2) is 0 Å². The van der Waals surface area contributed by atoms with Gasteiger partial charge in [-0.25, -0.2) is 14.8 Å². The van der Waals surface area contributed by atoms with Gasteiger partial charge in [-0.1, -0.05) is 0 Å². The third kappa shape index (κ3) is 6.66. The van der Waals surface area contributed by atoms with Crippen LogP contribution < -0.4 is 17.2 Å². The van der Waals surface area contributed by atoms with Crippen LogP contribution in [-0.4, -0.2) is 95.8 Å². The van der Waals surface area contributed by atoms with Crippen molar-refractivity contribution in [3.63, 3.8) is 0 Å². The monoisotopic (exact) mass is 503 g/mol. The predicted molar refractivity (Wildman–Crippen MR) is 127 cm³/mol. The second-order valence-electron chi connectivity index (χ2n) is 8.86. The minimum atomic E-state index is -0.965. The first-order valence-corrected chi connectivity index (χ1v) is 11.8. The highest BCUT2D eigenvalue weighted by Gasteiger charge is 2.36. The van der Waals surface area contributed by atoms with E-state index in [4.69, 9.17) is 22.3 Å². The first kappa shape index (κ1) is 26.8. The molecule has 2 aliphatic heterocycles. The lowest BCUT2D eigenvalue weighted by Crippen LogP contribution is -2.50. The second-order valence-corrected chi connectivity index (χ2v) is 8.86. The highest BCUT2D eigenvalue weighted by atomic mass is 16.4. The second kappa shape index (κ2) is 12.3. The largest absolute Gasteiger partial charge is 0.480 e. The van der Waals surface area contributed by atoms with E-state index < -0.39 is 36.0 Å². The standard InChI is InChI=1S/C11H17N5O2.C11H16N4O3/c12-8(4-7-5-14-6-15-7)11(18)16-3-1-2-9(16)10(13)17;12-8(4-7-5-13-6-14-7)10(16)15-3-1-2-9(15)11(17)18/h5-6,8-9H,1-4,12H2,(H2,13,17)(H,14,15);5-6,8-9H,1-4,12H2,(H,13,14)(H,17,18)/t2*8-,9-/m00/s1. The number of carbonyl (C=O) groups is 4. The lowest BCUT2D eigenvalue weighted by Gasteiger charge is -2.25. The van der Waals surface area contributed by atoms with E-state index in [1.807, 2.05) is 0 Å². The number of nitrogens with two attached hydrogens (primary N) is 3. The van der Waals surface area contributed by atoms with Crippen LogP contribution in [0.3, 0.4) is 0 Å². The Bertz CT molecular complexity index is 945. The number of aromatic nitrogens is 4. The summed E-state index contributed by atoms with van der Waals surface area (Å²) in [5.41, 5.74) is 18.4. The van der Waals surface area contributed by atoms with E-state index in [9.17, 15) is 19.2 Å². The Balaban J connectivity index is 0.000000201.